The van der Waals surface area contributed by atoms with Crippen molar-refractivity contribution in [3.63, 3.8) is 0 Å². The molecule has 0 fully saturated rings. The van der Waals surface area contributed by atoms with Crippen LogP contribution in [0, 0.1) is 6.42 Å². The van der Waals surface area contributed by atoms with Crippen LogP contribution in [0.15, 0.2) is 40.5 Å². The van der Waals surface area contributed by atoms with Crippen LogP contribution in [0.3, 0.4) is 0 Å². The van der Waals surface area contributed by atoms with E-state index in [2.05, 4.69) is 20.9 Å². The Morgan fingerprint density at radius 1 is 0.871 bits per heavy atom. The van der Waals surface area contributed by atoms with Crippen LogP contribution in [0.2, 0.25) is 5.15 Å². The molecule has 1 aromatic heterocycles. The Bertz CT molecular complexity index is 916. The van der Waals surface area contributed by atoms with Crippen LogP contribution in [-0.4, -0.2) is 35.1 Å². The number of nitrogens with zero attached hydrogens (tertiary/aromatic N) is 1. The predicted molar refractivity (Wildman–Crippen MR) is 87.3 cm³/mol. The van der Waals surface area contributed by atoms with Crippen molar-refractivity contribution >= 4 is 27.5 Å². The number of allylic oxidation sites excluding steroid dienone is 4. The van der Waals surface area contributed by atoms with Crippen LogP contribution in [-0.2, 0) is 5.41 Å². The van der Waals surface area contributed by atoms with Crippen molar-refractivity contribution in [3.8, 4) is 0 Å². The Morgan fingerprint density at radius 3 is 1.84 bits per heavy atom. The summed E-state index contributed by atoms with van der Waals surface area (Å²) in [4.78, 5) is 3.30. The lowest BCUT2D eigenvalue weighted by atomic mass is 9.70. The summed E-state index contributed by atoms with van der Waals surface area (Å²) in [5.74, 6) is -7.15. The lowest BCUT2D eigenvalue weighted by Crippen LogP contribution is -2.63. The molecule has 0 aliphatic heterocycles. The maximum atomic E-state index is 14.8. The monoisotopic (exact) mass is 554 g/mol. The predicted octanol–water partition coefficient (Wildman–Crippen LogP) is 7.43. The second-order valence-corrected chi connectivity index (χ2v) is 7.48. The molecule has 1 heterocycles. The molecule has 0 aromatic carbocycles. The zero-order valence-electron chi connectivity index (χ0n) is 14.2. The maximum Gasteiger partial charge on any atom is 0.457 e. The molecule has 1 nitrogen and oxygen atoms in total. The number of hydrogen-bond acceptors (Lipinski definition) is 1. The molecule has 1 radical (unpaired) electrons. The highest BCUT2D eigenvalue weighted by Crippen LogP contribution is 2.60. The van der Waals surface area contributed by atoms with Crippen LogP contribution < -0.4 is 0 Å². The molecule has 0 saturated heterocycles. The fraction of sp³-hybridized carbons (Fsp3) is 0.375. The van der Waals surface area contributed by atoms with Gasteiger partial charge in [0.15, 0.2) is 0 Å². The first-order valence-electron chi connectivity index (χ1n) is 7.56. The van der Waals surface area contributed by atoms with E-state index in [1.165, 1.54) is 0 Å². The maximum absolute atomic E-state index is 14.8. The van der Waals surface area contributed by atoms with Gasteiger partial charge in [-0.1, -0.05) is 39.7 Å². The van der Waals surface area contributed by atoms with Gasteiger partial charge in [-0.2, -0.15) is 48.3 Å². The van der Waals surface area contributed by atoms with Crippen LogP contribution in [0.4, 0.5) is 52.7 Å². The number of rotatable bonds is 3. The molecule has 0 amide bonds. The van der Waals surface area contributed by atoms with Gasteiger partial charge in [0.05, 0.1) is 0 Å². The van der Waals surface area contributed by atoms with Crippen molar-refractivity contribution in [3.05, 3.63) is 57.7 Å². The molecule has 1 aliphatic rings. The fourth-order valence-electron chi connectivity index (χ4n) is 2.82. The largest absolute Gasteiger partial charge is 0.457 e. The van der Waals surface area contributed by atoms with Crippen molar-refractivity contribution in [2.75, 3.05) is 0 Å². The highest BCUT2D eigenvalue weighted by Gasteiger charge is 2.82. The van der Waals surface area contributed by atoms with Gasteiger partial charge in [-0.3, -0.25) is 0 Å². The first-order valence-corrected chi connectivity index (χ1v) is 8.74. The SMILES string of the molecule is FC(F)(F)C1(c2cccnc2Cl)[CH]C(Br)=CC(C(F)(C(F)(F)F)C(F)(F)C(F)(F)F)=C1. The summed E-state index contributed by atoms with van der Waals surface area (Å²) in [6.45, 7) is 0. The molecule has 1 aliphatic carbocycles. The Balaban J connectivity index is 2.98. The van der Waals surface area contributed by atoms with E-state index in [1.807, 2.05) is 0 Å². The number of aromatic nitrogens is 1. The Hall–Kier alpha value is -1.44. The van der Waals surface area contributed by atoms with Gasteiger partial charge in [0.2, 0.25) is 0 Å². The normalized spacial score (nSPS) is 23.2. The van der Waals surface area contributed by atoms with Crippen molar-refractivity contribution in [2.24, 2.45) is 0 Å². The molecular weight excluding hydrogens is 550 g/mol. The third kappa shape index (κ3) is 3.93. The standard InChI is InChI=1S/C16H6BrClF12N/c17-8-4-7(12(19,15(25,26)27)13(20,21)16(28,29)30)5-11(6-8,14(22,23)24)9-2-1-3-31-10(9)18/h1-6H. The fourth-order valence-corrected chi connectivity index (χ4v) is 3.70. The average Bonchev–Trinajstić information content (AvgIpc) is 2.57. The van der Waals surface area contributed by atoms with Crippen molar-refractivity contribution in [2.45, 2.75) is 35.5 Å². The Labute approximate surface area is 178 Å². The first-order chi connectivity index (χ1) is 13.7. The van der Waals surface area contributed by atoms with Crippen LogP contribution in [0.1, 0.15) is 5.56 Å². The highest BCUT2D eigenvalue weighted by atomic mass is 79.9. The molecule has 2 rings (SSSR count). The van der Waals surface area contributed by atoms with Gasteiger partial charge in [0, 0.05) is 28.2 Å². The average molecular weight is 556 g/mol. The zero-order chi connectivity index (χ0) is 24.3. The van der Waals surface area contributed by atoms with Crippen LogP contribution in [0.5, 0.6) is 0 Å². The second kappa shape index (κ2) is 7.56. The van der Waals surface area contributed by atoms with E-state index in [-0.39, 0.29) is 12.5 Å². The summed E-state index contributed by atoms with van der Waals surface area (Å²) in [6, 6.07) is 1.44. The molecular formula is C16H6BrClF12N. The van der Waals surface area contributed by atoms with E-state index in [1.54, 1.807) is 0 Å². The molecule has 0 bridgehead atoms. The summed E-state index contributed by atoms with van der Waals surface area (Å²) in [7, 11) is 0. The number of halogens is 14. The quantitative estimate of drug-likeness (QED) is 0.279. The molecule has 2 unspecified atom stereocenters. The highest BCUT2D eigenvalue weighted by molar-refractivity contribution is 9.11. The van der Waals surface area contributed by atoms with Gasteiger partial charge in [-0.15, -0.1) is 0 Å². The molecule has 31 heavy (non-hydrogen) atoms. The minimum Gasteiger partial charge on any atom is -0.244 e. The second-order valence-electron chi connectivity index (χ2n) is 6.21. The summed E-state index contributed by atoms with van der Waals surface area (Å²) < 4.78 is 161. The number of pyridine rings is 1. The number of alkyl halides is 12. The van der Waals surface area contributed by atoms with Crippen molar-refractivity contribution < 1.29 is 52.7 Å². The van der Waals surface area contributed by atoms with E-state index in [0.717, 1.165) is 12.3 Å². The molecule has 0 spiro atoms. The summed E-state index contributed by atoms with van der Waals surface area (Å²) >= 11 is 7.91. The molecule has 0 saturated carbocycles. The minimum atomic E-state index is -7.15. The van der Waals surface area contributed by atoms with Gasteiger partial charge in [-0.05, 0) is 12.1 Å². The molecule has 15 heteroatoms. The van der Waals surface area contributed by atoms with E-state index in [0.29, 0.717) is 6.07 Å². The lowest BCUT2D eigenvalue weighted by molar-refractivity contribution is -0.371. The van der Waals surface area contributed by atoms with Crippen LogP contribution in [0.25, 0.3) is 0 Å². The third-order valence-electron chi connectivity index (χ3n) is 4.29. The number of hydrogen-bond donors (Lipinski definition) is 0. The Morgan fingerprint density at radius 2 is 1.42 bits per heavy atom. The minimum absolute atomic E-state index is 0.127. The lowest BCUT2D eigenvalue weighted by Gasteiger charge is -2.41. The van der Waals surface area contributed by atoms with Gasteiger partial charge in [0.1, 0.15) is 10.6 Å². The molecule has 173 valence electrons. The molecule has 2 atom stereocenters. The van der Waals surface area contributed by atoms with Gasteiger partial charge < -0.3 is 0 Å². The summed E-state index contributed by atoms with van der Waals surface area (Å²) in [5, 5.41) is -0.965. The van der Waals surface area contributed by atoms with E-state index >= 15 is 0 Å². The third-order valence-corrected chi connectivity index (χ3v) is 5.05. The van der Waals surface area contributed by atoms with Crippen molar-refractivity contribution in [1.29, 1.82) is 0 Å². The Kier molecular flexibility index (Phi) is 6.30. The summed E-state index contributed by atoms with van der Waals surface area (Å²) in [6.07, 6.45) is -19.7. The first kappa shape index (κ1) is 25.8. The molecule has 1 aromatic rings. The van der Waals surface area contributed by atoms with Gasteiger partial charge >= 0.3 is 30.1 Å². The van der Waals surface area contributed by atoms with E-state index in [4.69, 9.17) is 11.6 Å². The van der Waals surface area contributed by atoms with Crippen LogP contribution >= 0.6 is 27.5 Å². The van der Waals surface area contributed by atoms with Crippen molar-refractivity contribution in [1.82, 2.24) is 4.98 Å². The topological polar surface area (TPSA) is 12.9 Å². The van der Waals surface area contributed by atoms with Gasteiger partial charge in [0.25, 0.3) is 0 Å². The zero-order valence-corrected chi connectivity index (χ0v) is 16.5. The van der Waals surface area contributed by atoms with E-state index < -0.39 is 62.4 Å². The smallest absolute Gasteiger partial charge is 0.244 e. The molecule has 0 N–H and O–H groups in total. The summed E-state index contributed by atoms with van der Waals surface area (Å²) in [5.41, 5.74) is -14.2. The van der Waals surface area contributed by atoms with E-state index in [9.17, 15) is 52.7 Å². The van der Waals surface area contributed by atoms with Gasteiger partial charge in [-0.25, -0.2) is 9.37 Å².